The van der Waals surface area contributed by atoms with Gasteiger partial charge < -0.3 is 15.5 Å². The van der Waals surface area contributed by atoms with Crippen molar-refractivity contribution in [3.8, 4) is 0 Å². The van der Waals surface area contributed by atoms with Crippen molar-refractivity contribution < 1.29 is 0 Å². The molecule has 2 N–H and O–H groups in total. The summed E-state index contributed by atoms with van der Waals surface area (Å²) in [6.07, 6.45) is 10.8. The van der Waals surface area contributed by atoms with Crippen LogP contribution in [0.2, 0.25) is 0 Å². The van der Waals surface area contributed by atoms with Crippen LogP contribution in [0, 0.1) is 0 Å². The Labute approximate surface area is 128 Å². The number of hydrogen-bond acceptors (Lipinski definition) is 5. The summed E-state index contributed by atoms with van der Waals surface area (Å²) in [4.78, 5) is 11.1. The zero-order valence-electron chi connectivity index (χ0n) is 13.4. The van der Waals surface area contributed by atoms with Crippen molar-refractivity contribution in [2.45, 2.75) is 51.0 Å². The molecule has 0 radical (unpaired) electrons. The van der Waals surface area contributed by atoms with E-state index in [0.29, 0.717) is 6.04 Å². The number of aromatic nitrogens is 2. The Hall–Kier alpha value is -1.36. The summed E-state index contributed by atoms with van der Waals surface area (Å²) in [6, 6.07) is 2.48. The van der Waals surface area contributed by atoms with Crippen LogP contribution in [-0.2, 0) is 0 Å². The molecular weight excluding hydrogens is 262 g/mol. The Morgan fingerprint density at radius 2 is 1.95 bits per heavy atom. The van der Waals surface area contributed by atoms with E-state index in [4.69, 9.17) is 0 Å². The van der Waals surface area contributed by atoms with Gasteiger partial charge in [-0.3, -0.25) is 0 Å². The van der Waals surface area contributed by atoms with Gasteiger partial charge in [-0.2, -0.15) is 4.98 Å². The average Bonchev–Trinajstić information content (AvgIpc) is 2.73. The minimum Gasteiger partial charge on any atom is -0.370 e. The average molecular weight is 291 g/mol. The SMILES string of the molecule is CN(C)CCCNc1ccnc(NC2CCCCCC2)n1. The highest BCUT2D eigenvalue weighted by molar-refractivity contribution is 5.39. The van der Waals surface area contributed by atoms with Crippen LogP contribution >= 0.6 is 0 Å². The maximum atomic E-state index is 4.57. The highest BCUT2D eigenvalue weighted by Gasteiger charge is 2.13. The van der Waals surface area contributed by atoms with E-state index < -0.39 is 0 Å². The fraction of sp³-hybridized carbons (Fsp3) is 0.750. The third kappa shape index (κ3) is 6.29. The van der Waals surface area contributed by atoms with Crippen LogP contribution in [0.4, 0.5) is 11.8 Å². The second-order valence-corrected chi connectivity index (χ2v) is 6.18. The Balaban J connectivity index is 1.79. The van der Waals surface area contributed by atoms with Gasteiger partial charge in [0.2, 0.25) is 5.95 Å². The fourth-order valence-electron chi connectivity index (χ4n) is 2.74. The molecule has 0 spiro atoms. The molecule has 1 aliphatic carbocycles. The molecule has 1 fully saturated rings. The maximum absolute atomic E-state index is 4.57. The lowest BCUT2D eigenvalue weighted by Gasteiger charge is -2.16. The Morgan fingerprint density at radius 1 is 1.19 bits per heavy atom. The lowest BCUT2D eigenvalue weighted by atomic mass is 10.1. The molecule has 0 aliphatic heterocycles. The van der Waals surface area contributed by atoms with E-state index in [0.717, 1.165) is 31.3 Å². The van der Waals surface area contributed by atoms with Gasteiger partial charge >= 0.3 is 0 Å². The van der Waals surface area contributed by atoms with E-state index in [-0.39, 0.29) is 0 Å². The second-order valence-electron chi connectivity index (χ2n) is 6.18. The monoisotopic (exact) mass is 291 g/mol. The molecule has 0 aromatic carbocycles. The molecule has 0 bridgehead atoms. The predicted octanol–water partition coefficient (Wildman–Crippen LogP) is 2.97. The van der Waals surface area contributed by atoms with E-state index in [1.807, 2.05) is 12.3 Å². The number of anilines is 2. The minimum atomic E-state index is 0.538. The fourth-order valence-corrected chi connectivity index (χ4v) is 2.74. The molecule has 1 heterocycles. The first kappa shape index (κ1) is 16.0. The lowest BCUT2D eigenvalue weighted by Crippen LogP contribution is -2.20. The molecule has 118 valence electrons. The van der Waals surface area contributed by atoms with Gasteiger partial charge in [0.15, 0.2) is 0 Å². The molecule has 0 saturated heterocycles. The largest absolute Gasteiger partial charge is 0.370 e. The zero-order chi connectivity index (χ0) is 14.9. The summed E-state index contributed by atoms with van der Waals surface area (Å²) in [7, 11) is 4.19. The topological polar surface area (TPSA) is 53.1 Å². The number of nitrogens with one attached hydrogen (secondary N) is 2. The van der Waals surface area contributed by atoms with Crippen LogP contribution in [-0.4, -0.2) is 48.1 Å². The zero-order valence-corrected chi connectivity index (χ0v) is 13.4. The Morgan fingerprint density at radius 3 is 2.67 bits per heavy atom. The summed E-state index contributed by atoms with van der Waals surface area (Å²) in [5.74, 6) is 1.68. The number of nitrogens with zero attached hydrogens (tertiary/aromatic N) is 3. The summed E-state index contributed by atoms with van der Waals surface area (Å²) in [5.41, 5.74) is 0. The van der Waals surface area contributed by atoms with Crippen LogP contribution in [0.3, 0.4) is 0 Å². The van der Waals surface area contributed by atoms with Gasteiger partial charge in [-0.1, -0.05) is 25.7 Å². The first-order chi connectivity index (χ1) is 10.2. The Kier molecular flexibility index (Phi) is 6.73. The van der Waals surface area contributed by atoms with Crippen molar-refractivity contribution in [2.24, 2.45) is 0 Å². The number of hydrogen-bond donors (Lipinski definition) is 2. The van der Waals surface area contributed by atoms with Gasteiger partial charge in [0.25, 0.3) is 0 Å². The summed E-state index contributed by atoms with van der Waals surface area (Å²) in [6.45, 7) is 2.03. The minimum absolute atomic E-state index is 0.538. The van der Waals surface area contributed by atoms with Crippen LogP contribution < -0.4 is 10.6 Å². The summed E-state index contributed by atoms with van der Waals surface area (Å²) < 4.78 is 0. The van der Waals surface area contributed by atoms with Gasteiger partial charge in [-0.05, 0) is 46.0 Å². The van der Waals surface area contributed by atoms with E-state index in [1.165, 1.54) is 38.5 Å². The molecule has 1 aromatic heterocycles. The van der Waals surface area contributed by atoms with Gasteiger partial charge in [-0.25, -0.2) is 4.98 Å². The van der Waals surface area contributed by atoms with Gasteiger partial charge in [0.05, 0.1) is 0 Å². The first-order valence-corrected chi connectivity index (χ1v) is 8.22. The van der Waals surface area contributed by atoms with Crippen LogP contribution in [0.15, 0.2) is 12.3 Å². The van der Waals surface area contributed by atoms with E-state index in [9.17, 15) is 0 Å². The van der Waals surface area contributed by atoms with E-state index >= 15 is 0 Å². The van der Waals surface area contributed by atoms with Crippen molar-refractivity contribution in [3.63, 3.8) is 0 Å². The molecule has 21 heavy (non-hydrogen) atoms. The van der Waals surface area contributed by atoms with Crippen molar-refractivity contribution in [3.05, 3.63) is 12.3 Å². The molecule has 0 unspecified atom stereocenters. The molecule has 5 nitrogen and oxygen atoms in total. The van der Waals surface area contributed by atoms with Crippen LogP contribution in [0.1, 0.15) is 44.9 Å². The first-order valence-electron chi connectivity index (χ1n) is 8.22. The lowest BCUT2D eigenvalue weighted by molar-refractivity contribution is 0.405. The van der Waals surface area contributed by atoms with Crippen molar-refractivity contribution in [1.82, 2.24) is 14.9 Å². The van der Waals surface area contributed by atoms with Crippen molar-refractivity contribution in [1.29, 1.82) is 0 Å². The summed E-state index contributed by atoms with van der Waals surface area (Å²) in [5, 5.41) is 6.87. The molecule has 2 rings (SSSR count). The normalized spacial score (nSPS) is 16.7. The smallest absolute Gasteiger partial charge is 0.224 e. The molecular formula is C16H29N5. The van der Waals surface area contributed by atoms with Gasteiger partial charge in [0.1, 0.15) is 5.82 Å². The van der Waals surface area contributed by atoms with E-state index in [2.05, 4.69) is 39.6 Å². The van der Waals surface area contributed by atoms with E-state index in [1.54, 1.807) is 0 Å². The molecule has 0 amide bonds. The quantitative estimate of drug-likeness (QED) is 0.597. The summed E-state index contributed by atoms with van der Waals surface area (Å²) >= 11 is 0. The Bertz CT molecular complexity index is 399. The van der Waals surface area contributed by atoms with Gasteiger partial charge in [-0.15, -0.1) is 0 Å². The molecule has 1 saturated carbocycles. The van der Waals surface area contributed by atoms with Crippen molar-refractivity contribution in [2.75, 3.05) is 37.8 Å². The molecule has 1 aromatic rings. The van der Waals surface area contributed by atoms with Gasteiger partial charge in [0, 0.05) is 18.8 Å². The third-order valence-electron chi connectivity index (χ3n) is 3.93. The second kappa shape index (κ2) is 8.82. The molecule has 5 heteroatoms. The van der Waals surface area contributed by atoms with Crippen molar-refractivity contribution >= 4 is 11.8 Å². The maximum Gasteiger partial charge on any atom is 0.224 e. The predicted molar refractivity (Wildman–Crippen MR) is 88.8 cm³/mol. The standard InChI is InChI=1S/C16H29N5/c1-21(2)13-7-11-17-15-10-12-18-16(20-15)19-14-8-5-3-4-6-9-14/h10,12,14H,3-9,11,13H2,1-2H3,(H2,17,18,19,20). The highest BCUT2D eigenvalue weighted by Crippen LogP contribution is 2.20. The van der Waals surface area contributed by atoms with Crippen LogP contribution in [0.5, 0.6) is 0 Å². The molecule has 1 aliphatic rings. The van der Waals surface area contributed by atoms with Crippen LogP contribution in [0.25, 0.3) is 0 Å². The molecule has 0 atom stereocenters. The highest BCUT2D eigenvalue weighted by atomic mass is 15.1. The third-order valence-corrected chi connectivity index (χ3v) is 3.93. The number of rotatable bonds is 7.